The number of aliphatic imine (C=N–C) groups is 1. The maximum absolute atomic E-state index is 5.32. The summed E-state index contributed by atoms with van der Waals surface area (Å²) < 4.78 is 5.32. The Hall–Kier alpha value is -2.83. The predicted octanol–water partition coefficient (Wildman–Crippen LogP) is 1.74. The average Bonchev–Trinajstić information content (AvgIpc) is 3.14. The van der Waals surface area contributed by atoms with Crippen molar-refractivity contribution in [3.05, 3.63) is 48.0 Å². The summed E-state index contributed by atoms with van der Waals surface area (Å²) in [5.74, 6) is 2.45. The SMILES string of the molecule is CN=C(NCc1ccnc(C)n1)NC1CCN(c2cccc(OC)c2)C1. The Bertz CT molecular complexity index is 763. The fourth-order valence-corrected chi connectivity index (χ4v) is 3.09. The zero-order chi connectivity index (χ0) is 18.4. The van der Waals surface area contributed by atoms with Crippen LogP contribution in [0.4, 0.5) is 5.69 Å². The molecular formula is C19H26N6O. The van der Waals surface area contributed by atoms with Gasteiger partial charge in [0.1, 0.15) is 11.6 Å². The van der Waals surface area contributed by atoms with Gasteiger partial charge in [-0.15, -0.1) is 0 Å². The lowest BCUT2D eigenvalue weighted by atomic mass is 10.2. The summed E-state index contributed by atoms with van der Waals surface area (Å²) in [4.78, 5) is 15.2. The Morgan fingerprint density at radius 1 is 1.38 bits per heavy atom. The number of ether oxygens (including phenoxy) is 1. The number of nitrogens with zero attached hydrogens (tertiary/aromatic N) is 4. The smallest absolute Gasteiger partial charge is 0.191 e. The average molecular weight is 354 g/mol. The number of nitrogens with one attached hydrogen (secondary N) is 2. The molecule has 0 bridgehead atoms. The van der Waals surface area contributed by atoms with Gasteiger partial charge in [-0.25, -0.2) is 9.97 Å². The molecule has 138 valence electrons. The topological polar surface area (TPSA) is 74.7 Å². The van der Waals surface area contributed by atoms with E-state index in [9.17, 15) is 0 Å². The summed E-state index contributed by atoms with van der Waals surface area (Å²) in [5, 5.41) is 6.82. The first-order chi connectivity index (χ1) is 12.7. The Kier molecular flexibility index (Phi) is 5.88. The highest BCUT2D eigenvalue weighted by molar-refractivity contribution is 5.80. The van der Waals surface area contributed by atoms with Crippen LogP contribution in [0, 0.1) is 6.92 Å². The molecule has 2 aromatic rings. The van der Waals surface area contributed by atoms with Gasteiger partial charge in [-0.2, -0.15) is 0 Å². The molecule has 1 saturated heterocycles. The minimum absolute atomic E-state index is 0.347. The number of methoxy groups -OCH3 is 1. The fourth-order valence-electron chi connectivity index (χ4n) is 3.09. The normalized spacial score (nSPS) is 17.3. The van der Waals surface area contributed by atoms with Gasteiger partial charge in [0.15, 0.2) is 5.96 Å². The van der Waals surface area contributed by atoms with E-state index in [1.54, 1.807) is 20.4 Å². The molecule has 1 aromatic carbocycles. The fraction of sp³-hybridized carbons (Fsp3) is 0.421. The molecule has 1 atom stereocenters. The molecule has 7 heteroatoms. The first-order valence-electron chi connectivity index (χ1n) is 8.82. The monoisotopic (exact) mass is 354 g/mol. The van der Waals surface area contributed by atoms with Gasteiger partial charge >= 0.3 is 0 Å². The number of guanidine groups is 1. The van der Waals surface area contributed by atoms with E-state index in [0.717, 1.165) is 42.7 Å². The van der Waals surface area contributed by atoms with Crippen LogP contribution in [0.2, 0.25) is 0 Å². The van der Waals surface area contributed by atoms with Gasteiger partial charge in [0, 0.05) is 44.1 Å². The van der Waals surface area contributed by atoms with Gasteiger partial charge in [0.25, 0.3) is 0 Å². The molecule has 26 heavy (non-hydrogen) atoms. The summed E-state index contributed by atoms with van der Waals surface area (Å²) in [6.45, 7) is 4.45. The number of hydrogen-bond donors (Lipinski definition) is 2. The maximum atomic E-state index is 5.32. The van der Waals surface area contributed by atoms with Crippen LogP contribution in [0.1, 0.15) is 17.9 Å². The molecule has 1 aliphatic rings. The van der Waals surface area contributed by atoms with Gasteiger partial charge in [-0.3, -0.25) is 4.99 Å². The quantitative estimate of drug-likeness (QED) is 0.629. The van der Waals surface area contributed by atoms with E-state index in [1.807, 2.05) is 25.1 Å². The van der Waals surface area contributed by atoms with E-state index in [-0.39, 0.29) is 0 Å². The van der Waals surface area contributed by atoms with Crippen LogP contribution >= 0.6 is 0 Å². The van der Waals surface area contributed by atoms with Crippen molar-refractivity contribution in [1.82, 2.24) is 20.6 Å². The highest BCUT2D eigenvalue weighted by atomic mass is 16.5. The molecule has 3 rings (SSSR count). The molecule has 1 unspecified atom stereocenters. The van der Waals surface area contributed by atoms with Crippen LogP contribution in [0.25, 0.3) is 0 Å². The maximum Gasteiger partial charge on any atom is 0.191 e. The van der Waals surface area contributed by atoms with Gasteiger partial charge in [-0.1, -0.05) is 6.07 Å². The van der Waals surface area contributed by atoms with Gasteiger partial charge in [0.05, 0.1) is 19.3 Å². The summed E-state index contributed by atoms with van der Waals surface area (Å²) >= 11 is 0. The number of aryl methyl sites for hydroxylation is 1. The summed E-state index contributed by atoms with van der Waals surface area (Å²) in [6, 6.07) is 10.4. The number of rotatable bonds is 5. The highest BCUT2D eigenvalue weighted by Crippen LogP contribution is 2.24. The highest BCUT2D eigenvalue weighted by Gasteiger charge is 2.23. The van der Waals surface area contributed by atoms with E-state index >= 15 is 0 Å². The molecule has 1 aliphatic heterocycles. The van der Waals surface area contributed by atoms with Crippen molar-refractivity contribution in [2.24, 2.45) is 4.99 Å². The van der Waals surface area contributed by atoms with Crippen molar-refractivity contribution >= 4 is 11.6 Å². The zero-order valence-electron chi connectivity index (χ0n) is 15.6. The minimum Gasteiger partial charge on any atom is -0.497 e. The standard InChI is InChI=1S/C19H26N6O/c1-14-21-9-7-15(23-14)12-22-19(20-2)24-16-8-10-25(13-16)17-5-4-6-18(11-17)26-3/h4-7,9,11,16H,8,10,12-13H2,1-3H3,(H2,20,22,24). The molecular weight excluding hydrogens is 328 g/mol. The third-order valence-corrected chi connectivity index (χ3v) is 4.44. The molecule has 2 heterocycles. The van der Waals surface area contributed by atoms with Crippen LogP contribution in [0.5, 0.6) is 5.75 Å². The number of hydrogen-bond acceptors (Lipinski definition) is 5. The Labute approximate surface area is 154 Å². The second-order valence-electron chi connectivity index (χ2n) is 6.30. The van der Waals surface area contributed by atoms with Crippen LogP contribution in [-0.2, 0) is 6.54 Å². The molecule has 1 fully saturated rings. The van der Waals surface area contributed by atoms with Gasteiger partial charge in [0.2, 0.25) is 0 Å². The first kappa shape index (κ1) is 18.0. The lowest BCUT2D eigenvalue weighted by Gasteiger charge is -2.21. The minimum atomic E-state index is 0.347. The molecule has 0 saturated carbocycles. The largest absolute Gasteiger partial charge is 0.497 e. The Morgan fingerprint density at radius 2 is 2.27 bits per heavy atom. The van der Waals surface area contributed by atoms with Crippen LogP contribution in [0.3, 0.4) is 0 Å². The van der Waals surface area contributed by atoms with Crippen LogP contribution in [0.15, 0.2) is 41.5 Å². The van der Waals surface area contributed by atoms with E-state index in [2.05, 4.69) is 42.6 Å². The molecule has 0 amide bonds. The second kappa shape index (κ2) is 8.51. The van der Waals surface area contributed by atoms with E-state index in [1.165, 1.54) is 5.69 Å². The molecule has 0 radical (unpaired) electrons. The second-order valence-corrected chi connectivity index (χ2v) is 6.30. The van der Waals surface area contributed by atoms with Crippen molar-refractivity contribution in [3.63, 3.8) is 0 Å². The lowest BCUT2D eigenvalue weighted by molar-refractivity contribution is 0.415. The molecule has 0 spiro atoms. The number of anilines is 1. The molecule has 1 aromatic heterocycles. The van der Waals surface area contributed by atoms with E-state index in [0.29, 0.717) is 12.6 Å². The van der Waals surface area contributed by atoms with Crippen molar-refractivity contribution in [2.45, 2.75) is 25.9 Å². The van der Waals surface area contributed by atoms with Crippen LogP contribution < -0.4 is 20.3 Å². The van der Waals surface area contributed by atoms with Crippen LogP contribution in [-0.4, -0.2) is 49.2 Å². The third kappa shape index (κ3) is 4.62. The van der Waals surface area contributed by atoms with Crippen molar-refractivity contribution in [1.29, 1.82) is 0 Å². The molecule has 7 nitrogen and oxygen atoms in total. The van der Waals surface area contributed by atoms with Crippen molar-refractivity contribution in [3.8, 4) is 5.75 Å². The summed E-state index contributed by atoms with van der Waals surface area (Å²) in [6.07, 6.45) is 2.84. The van der Waals surface area contributed by atoms with Crippen molar-refractivity contribution < 1.29 is 4.74 Å². The Balaban J connectivity index is 1.53. The first-order valence-corrected chi connectivity index (χ1v) is 8.82. The van der Waals surface area contributed by atoms with Crippen molar-refractivity contribution in [2.75, 3.05) is 32.1 Å². The van der Waals surface area contributed by atoms with Gasteiger partial charge in [-0.05, 0) is 31.5 Å². The number of benzene rings is 1. The molecule has 0 aliphatic carbocycles. The van der Waals surface area contributed by atoms with E-state index in [4.69, 9.17) is 4.74 Å². The molecule has 2 N–H and O–H groups in total. The summed E-state index contributed by atoms with van der Waals surface area (Å²) in [7, 11) is 3.48. The Morgan fingerprint density at radius 3 is 3.04 bits per heavy atom. The van der Waals surface area contributed by atoms with Gasteiger partial charge < -0.3 is 20.3 Å². The zero-order valence-corrected chi connectivity index (χ0v) is 15.6. The third-order valence-electron chi connectivity index (χ3n) is 4.44. The number of aromatic nitrogens is 2. The lowest BCUT2D eigenvalue weighted by Crippen LogP contribution is -2.44. The summed E-state index contributed by atoms with van der Waals surface area (Å²) in [5.41, 5.74) is 2.14. The van der Waals surface area contributed by atoms with E-state index < -0.39 is 0 Å². The predicted molar refractivity (Wildman–Crippen MR) is 104 cm³/mol.